The molecule has 0 N–H and O–H groups in total. The van der Waals surface area contributed by atoms with Crippen molar-refractivity contribution in [2.45, 2.75) is 16.6 Å². The second-order valence-corrected chi connectivity index (χ2v) is 7.54. The summed E-state index contributed by atoms with van der Waals surface area (Å²) in [4.78, 5) is 13.9. The molecule has 0 saturated heterocycles. The molecule has 0 radical (unpaired) electrons. The van der Waals surface area contributed by atoms with Gasteiger partial charge in [-0.25, -0.2) is 0 Å². The minimum absolute atomic E-state index is 0.0199. The van der Waals surface area contributed by atoms with E-state index in [0.717, 1.165) is 16.2 Å². The Bertz CT molecular complexity index is 846. The van der Waals surface area contributed by atoms with Crippen LogP contribution in [0, 0.1) is 0 Å². The highest BCUT2D eigenvalue weighted by Crippen LogP contribution is 2.39. The second-order valence-electron chi connectivity index (χ2n) is 5.83. The number of rotatable bonds is 7. The molecule has 3 aromatic carbocycles. The lowest BCUT2D eigenvalue weighted by molar-refractivity contribution is 0.0982. The number of thioether (sulfide) groups is 1. The van der Waals surface area contributed by atoms with Gasteiger partial charge in [-0.3, -0.25) is 4.79 Å². The molecule has 3 rings (SSSR count). The maximum Gasteiger partial charge on any atom is 0.164 e. The van der Waals surface area contributed by atoms with Gasteiger partial charge in [0.2, 0.25) is 0 Å². The van der Waals surface area contributed by atoms with Gasteiger partial charge in [-0.1, -0.05) is 41.9 Å². The molecular weight excluding hydrogens is 364 g/mol. The molecule has 26 heavy (non-hydrogen) atoms. The number of benzene rings is 3. The van der Waals surface area contributed by atoms with Gasteiger partial charge in [-0.2, -0.15) is 0 Å². The number of hydrogen-bond acceptors (Lipinski definition) is 3. The Morgan fingerprint density at radius 2 is 1.62 bits per heavy atom. The maximum absolute atomic E-state index is 12.8. The average molecular weight is 383 g/mol. The fraction of sp³-hybridized carbons (Fsp3) is 0.136. The molecule has 1 atom stereocenters. The summed E-state index contributed by atoms with van der Waals surface area (Å²) in [5.41, 5.74) is 1.78. The zero-order chi connectivity index (χ0) is 18.4. The number of carbonyl (C=O) groups is 1. The van der Waals surface area contributed by atoms with Crippen molar-refractivity contribution in [3.63, 3.8) is 0 Å². The van der Waals surface area contributed by atoms with Crippen LogP contribution in [0.1, 0.15) is 27.6 Å². The lowest BCUT2D eigenvalue weighted by Crippen LogP contribution is -2.05. The zero-order valence-electron chi connectivity index (χ0n) is 14.4. The molecule has 0 aliphatic rings. The molecule has 2 nitrogen and oxygen atoms in total. The van der Waals surface area contributed by atoms with Gasteiger partial charge in [-0.05, 0) is 54.1 Å². The van der Waals surface area contributed by atoms with Crippen LogP contribution in [0.15, 0.2) is 83.8 Å². The summed E-state index contributed by atoms with van der Waals surface area (Å²) >= 11 is 7.62. The normalized spacial score (nSPS) is 11.8. The SMILES string of the molecule is COc1ccc([C@@H](CC(=O)c2ccc(Cl)cc2)Sc2ccccc2)cc1. The molecule has 0 amide bonds. The van der Waals surface area contributed by atoms with Gasteiger partial charge in [0, 0.05) is 27.2 Å². The molecule has 0 aromatic heterocycles. The third-order valence-electron chi connectivity index (χ3n) is 4.05. The van der Waals surface area contributed by atoms with Crippen molar-refractivity contribution in [1.29, 1.82) is 0 Å². The summed E-state index contributed by atoms with van der Waals surface area (Å²) in [6, 6.07) is 25.1. The number of halogens is 1. The van der Waals surface area contributed by atoms with Gasteiger partial charge < -0.3 is 4.74 Å². The van der Waals surface area contributed by atoms with Crippen LogP contribution in [0.5, 0.6) is 5.75 Å². The second kappa shape index (κ2) is 8.93. The van der Waals surface area contributed by atoms with Crippen molar-refractivity contribution in [2.75, 3.05) is 7.11 Å². The van der Waals surface area contributed by atoms with Crippen LogP contribution in [0.2, 0.25) is 5.02 Å². The molecule has 0 aliphatic carbocycles. The van der Waals surface area contributed by atoms with Gasteiger partial charge in [0.05, 0.1) is 7.11 Å². The van der Waals surface area contributed by atoms with Gasteiger partial charge in [-0.15, -0.1) is 11.8 Å². The lowest BCUT2D eigenvalue weighted by Gasteiger charge is -2.17. The molecule has 0 bridgehead atoms. The van der Waals surface area contributed by atoms with Gasteiger partial charge in [0.15, 0.2) is 5.78 Å². The first kappa shape index (κ1) is 18.6. The van der Waals surface area contributed by atoms with Gasteiger partial charge in [0.1, 0.15) is 5.75 Å². The molecule has 3 aromatic rings. The Kier molecular flexibility index (Phi) is 6.37. The van der Waals surface area contributed by atoms with E-state index in [1.807, 2.05) is 42.5 Å². The van der Waals surface area contributed by atoms with Crippen LogP contribution >= 0.6 is 23.4 Å². The van der Waals surface area contributed by atoms with Crippen LogP contribution in [-0.4, -0.2) is 12.9 Å². The average Bonchev–Trinajstić information content (AvgIpc) is 2.69. The molecule has 0 aliphatic heterocycles. The topological polar surface area (TPSA) is 26.3 Å². The first-order valence-corrected chi connectivity index (χ1v) is 9.56. The van der Waals surface area contributed by atoms with Crippen molar-refractivity contribution in [2.24, 2.45) is 0 Å². The van der Waals surface area contributed by atoms with E-state index in [2.05, 4.69) is 12.1 Å². The Morgan fingerprint density at radius 1 is 0.962 bits per heavy atom. The number of carbonyl (C=O) groups excluding carboxylic acids is 1. The fourth-order valence-electron chi connectivity index (χ4n) is 2.63. The summed E-state index contributed by atoms with van der Waals surface area (Å²) in [5, 5.41) is 0.651. The Morgan fingerprint density at radius 3 is 2.23 bits per heavy atom. The van der Waals surface area contributed by atoms with Crippen LogP contribution < -0.4 is 4.74 Å². The van der Waals surface area contributed by atoms with E-state index < -0.39 is 0 Å². The third kappa shape index (κ3) is 4.90. The van der Waals surface area contributed by atoms with E-state index in [9.17, 15) is 4.79 Å². The lowest BCUT2D eigenvalue weighted by atomic mass is 10.0. The van der Waals surface area contributed by atoms with Crippen molar-refractivity contribution in [1.82, 2.24) is 0 Å². The van der Waals surface area contributed by atoms with Gasteiger partial charge >= 0.3 is 0 Å². The fourth-order valence-corrected chi connectivity index (χ4v) is 3.93. The molecule has 132 valence electrons. The molecule has 0 unspecified atom stereocenters. The maximum atomic E-state index is 12.8. The van der Waals surface area contributed by atoms with Crippen molar-refractivity contribution < 1.29 is 9.53 Å². The third-order valence-corrected chi connectivity index (χ3v) is 5.57. The van der Waals surface area contributed by atoms with Crippen LogP contribution in [0.3, 0.4) is 0 Å². The molecular formula is C22H19ClO2S. The van der Waals surface area contributed by atoms with Crippen LogP contribution in [0.25, 0.3) is 0 Å². The summed E-state index contributed by atoms with van der Waals surface area (Å²) < 4.78 is 5.24. The minimum Gasteiger partial charge on any atom is -0.497 e. The molecule has 0 saturated carbocycles. The van der Waals surface area contributed by atoms with E-state index in [4.69, 9.17) is 16.3 Å². The number of ketones is 1. The molecule has 0 heterocycles. The van der Waals surface area contributed by atoms with E-state index in [0.29, 0.717) is 17.0 Å². The summed E-state index contributed by atoms with van der Waals surface area (Å²) in [6.07, 6.45) is 0.410. The van der Waals surface area contributed by atoms with Gasteiger partial charge in [0.25, 0.3) is 0 Å². The van der Waals surface area contributed by atoms with Crippen LogP contribution in [-0.2, 0) is 0 Å². The quantitative estimate of drug-likeness (QED) is 0.346. The zero-order valence-corrected chi connectivity index (χ0v) is 16.0. The first-order valence-electron chi connectivity index (χ1n) is 8.30. The number of ether oxygens (including phenoxy) is 1. The molecule has 0 spiro atoms. The Labute approximate surface area is 163 Å². The van der Waals surface area contributed by atoms with Crippen molar-refractivity contribution >= 4 is 29.1 Å². The van der Waals surface area contributed by atoms with E-state index >= 15 is 0 Å². The van der Waals surface area contributed by atoms with Crippen molar-refractivity contribution in [3.05, 3.63) is 95.0 Å². The first-order chi connectivity index (χ1) is 12.7. The molecule has 0 fully saturated rings. The smallest absolute Gasteiger partial charge is 0.164 e. The largest absolute Gasteiger partial charge is 0.497 e. The van der Waals surface area contributed by atoms with E-state index in [1.165, 1.54) is 0 Å². The summed E-state index contributed by atoms with van der Waals surface area (Å²) in [6.45, 7) is 0. The number of Topliss-reactive ketones (excluding diaryl/α,β-unsaturated/α-hetero) is 1. The standard InChI is InChI=1S/C22H19ClO2S/c1-25-19-13-9-17(10-14-19)22(26-20-5-3-2-4-6-20)15-21(24)16-7-11-18(23)12-8-16/h2-14,22H,15H2,1H3/t22-/m1/s1. The van der Waals surface area contributed by atoms with Crippen LogP contribution in [0.4, 0.5) is 0 Å². The number of methoxy groups -OCH3 is 1. The Balaban J connectivity index is 1.83. The summed E-state index contributed by atoms with van der Waals surface area (Å²) in [7, 11) is 1.65. The predicted octanol–water partition coefficient (Wildman–Crippen LogP) is 6.46. The number of hydrogen-bond donors (Lipinski definition) is 0. The minimum atomic E-state index is 0.0199. The van der Waals surface area contributed by atoms with E-state index in [1.54, 1.807) is 43.1 Å². The summed E-state index contributed by atoms with van der Waals surface area (Å²) in [5.74, 6) is 0.909. The van der Waals surface area contributed by atoms with Crippen molar-refractivity contribution in [3.8, 4) is 5.75 Å². The highest BCUT2D eigenvalue weighted by molar-refractivity contribution is 7.99. The predicted molar refractivity (Wildman–Crippen MR) is 108 cm³/mol. The highest BCUT2D eigenvalue weighted by atomic mass is 35.5. The Hall–Kier alpha value is -2.23. The van der Waals surface area contributed by atoms with E-state index in [-0.39, 0.29) is 11.0 Å². The highest BCUT2D eigenvalue weighted by Gasteiger charge is 2.19. The molecule has 4 heteroatoms. The monoisotopic (exact) mass is 382 g/mol.